The van der Waals surface area contributed by atoms with Crippen LogP contribution in [0.1, 0.15) is 46.7 Å². The summed E-state index contributed by atoms with van der Waals surface area (Å²) < 4.78 is 12.6. The quantitative estimate of drug-likeness (QED) is 0.380. The standard InChI is InChI=1S/C28H37N5O4/c1-7-17-32(27(35)29-22-11-9-10-12-23(22)37-8-2)19-26(34)30-25-18-24(28(3,4)5)31-33(25)20-13-15-21(36-6)16-14-20/h9-16,18H,7-8,17,19H2,1-6H3,(H,29,35)(H,30,34). The van der Waals surface area contributed by atoms with Crippen molar-refractivity contribution in [3.05, 3.63) is 60.3 Å². The van der Waals surface area contributed by atoms with E-state index in [1.165, 1.54) is 4.90 Å². The van der Waals surface area contributed by atoms with E-state index < -0.39 is 0 Å². The first-order valence-electron chi connectivity index (χ1n) is 12.5. The lowest BCUT2D eigenvalue weighted by Gasteiger charge is -2.23. The number of carbonyl (C=O) groups excluding carboxylic acids is 2. The second-order valence-electron chi connectivity index (χ2n) is 9.60. The molecule has 0 unspecified atom stereocenters. The zero-order valence-electron chi connectivity index (χ0n) is 22.5. The number of hydrogen-bond acceptors (Lipinski definition) is 5. The van der Waals surface area contributed by atoms with Crippen molar-refractivity contribution in [1.82, 2.24) is 14.7 Å². The van der Waals surface area contributed by atoms with Gasteiger partial charge in [-0.25, -0.2) is 9.48 Å². The van der Waals surface area contributed by atoms with Gasteiger partial charge in [-0.15, -0.1) is 0 Å². The summed E-state index contributed by atoms with van der Waals surface area (Å²) in [5.41, 5.74) is 1.94. The molecule has 0 radical (unpaired) electrons. The number of aromatic nitrogens is 2. The highest BCUT2D eigenvalue weighted by molar-refractivity contribution is 5.97. The van der Waals surface area contributed by atoms with E-state index in [4.69, 9.17) is 14.6 Å². The molecule has 0 spiro atoms. The van der Waals surface area contributed by atoms with Crippen LogP contribution in [0.15, 0.2) is 54.6 Å². The molecule has 0 aliphatic carbocycles. The molecule has 0 saturated carbocycles. The van der Waals surface area contributed by atoms with E-state index in [1.807, 2.05) is 56.3 Å². The molecule has 2 N–H and O–H groups in total. The Morgan fingerprint density at radius 1 is 1.03 bits per heavy atom. The maximum absolute atomic E-state index is 13.1. The van der Waals surface area contributed by atoms with Gasteiger partial charge in [0.15, 0.2) is 0 Å². The van der Waals surface area contributed by atoms with Gasteiger partial charge in [0.2, 0.25) is 5.91 Å². The molecule has 0 atom stereocenters. The van der Waals surface area contributed by atoms with Crippen molar-refractivity contribution in [2.24, 2.45) is 0 Å². The number of methoxy groups -OCH3 is 1. The number of para-hydroxylation sites is 2. The van der Waals surface area contributed by atoms with Crippen molar-refractivity contribution in [2.45, 2.75) is 46.5 Å². The van der Waals surface area contributed by atoms with E-state index in [-0.39, 0.29) is 23.9 Å². The number of carbonyl (C=O) groups is 2. The minimum Gasteiger partial charge on any atom is -0.497 e. The first kappa shape index (κ1) is 27.6. The fraction of sp³-hybridized carbons (Fsp3) is 0.393. The van der Waals surface area contributed by atoms with Crippen molar-refractivity contribution < 1.29 is 19.1 Å². The van der Waals surface area contributed by atoms with Crippen molar-refractivity contribution in [3.8, 4) is 17.2 Å². The molecule has 37 heavy (non-hydrogen) atoms. The summed E-state index contributed by atoms with van der Waals surface area (Å²) in [6, 6.07) is 16.2. The third kappa shape index (κ3) is 7.25. The van der Waals surface area contributed by atoms with Gasteiger partial charge in [0.05, 0.1) is 30.8 Å². The first-order chi connectivity index (χ1) is 17.7. The number of rotatable bonds is 10. The van der Waals surface area contributed by atoms with Gasteiger partial charge in [0, 0.05) is 18.0 Å². The molecule has 2 aromatic carbocycles. The number of ether oxygens (including phenoxy) is 2. The van der Waals surface area contributed by atoms with Crippen LogP contribution >= 0.6 is 0 Å². The van der Waals surface area contributed by atoms with Gasteiger partial charge in [0.25, 0.3) is 0 Å². The van der Waals surface area contributed by atoms with Crippen LogP contribution in [0.25, 0.3) is 5.69 Å². The van der Waals surface area contributed by atoms with Gasteiger partial charge >= 0.3 is 6.03 Å². The summed E-state index contributed by atoms with van der Waals surface area (Å²) in [7, 11) is 1.61. The minimum absolute atomic E-state index is 0.116. The Kier molecular flexibility index (Phi) is 9.16. The Bertz CT molecular complexity index is 1200. The van der Waals surface area contributed by atoms with E-state index in [0.717, 1.165) is 17.1 Å². The van der Waals surface area contributed by atoms with Crippen LogP contribution in [-0.2, 0) is 10.2 Å². The maximum Gasteiger partial charge on any atom is 0.322 e. The summed E-state index contributed by atoms with van der Waals surface area (Å²) in [6.45, 7) is 10.8. The Morgan fingerprint density at radius 3 is 2.35 bits per heavy atom. The van der Waals surface area contributed by atoms with Gasteiger partial charge in [-0.1, -0.05) is 39.8 Å². The summed E-state index contributed by atoms with van der Waals surface area (Å²) in [4.78, 5) is 27.7. The molecule has 198 valence electrons. The lowest BCUT2D eigenvalue weighted by atomic mass is 9.92. The Balaban J connectivity index is 1.80. The monoisotopic (exact) mass is 507 g/mol. The molecule has 1 heterocycles. The van der Waals surface area contributed by atoms with Crippen molar-refractivity contribution in [1.29, 1.82) is 0 Å². The van der Waals surface area contributed by atoms with Crippen LogP contribution in [0, 0.1) is 0 Å². The number of hydrogen-bond donors (Lipinski definition) is 2. The van der Waals surface area contributed by atoms with Crippen molar-refractivity contribution in [2.75, 3.05) is 37.4 Å². The summed E-state index contributed by atoms with van der Waals surface area (Å²) in [6.07, 6.45) is 0.700. The second-order valence-corrected chi connectivity index (χ2v) is 9.60. The molecule has 3 rings (SSSR count). The highest BCUT2D eigenvalue weighted by Crippen LogP contribution is 2.27. The molecule has 0 aliphatic rings. The normalized spacial score (nSPS) is 11.1. The fourth-order valence-corrected chi connectivity index (χ4v) is 3.68. The summed E-state index contributed by atoms with van der Waals surface area (Å²) in [5.74, 6) is 1.51. The van der Waals surface area contributed by atoms with E-state index >= 15 is 0 Å². The molecule has 0 aliphatic heterocycles. The number of benzene rings is 2. The average molecular weight is 508 g/mol. The Labute approximate surface area is 218 Å². The smallest absolute Gasteiger partial charge is 0.322 e. The van der Waals surface area contributed by atoms with E-state index in [1.54, 1.807) is 23.9 Å². The molecule has 3 amide bonds. The predicted octanol–water partition coefficient (Wildman–Crippen LogP) is 5.46. The zero-order chi connectivity index (χ0) is 27.0. The van der Waals surface area contributed by atoms with Gasteiger partial charge in [-0.05, 0) is 49.7 Å². The van der Waals surface area contributed by atoms with Crippen LogP contribution in [-0.4, -0.2) is 53.4 Å². The lowest BCUT2D eigenvalue weighted by molar-refractivity contribution is -0.116. The molecular formula is C28H37N5O4. The Morgan fingerprint density at radius 2 is 1.73 bits per heavy atom. The van der Waals surface area contributed by atoms with Crippen molar-refractivity contribution in [3.63, 3.8) is 0 Å². The van der Waals surface area contributed by atoms with Gasteiger partial charge in [-0.3, -0.25) is 4.79 Å². The zero-order valence-corrected chi connectivity index (χ0v) is 22.5. The van der Waals surface area contributed by atoms with Crippen LogP contribution < -0.4 is 20.1 Å². The molecule has 9 heteroatoms. The molecule has 3 aromatic rings. The van der Waals surface area contributed by atoms with Crippen LogP contribution in [0.3, 0.4) is 0 Å². The average Bonchev–Trinajstić information content (AvgIpc) is 3.29. The Hall–Kier alpha value is -4.01. The third-order valence-corrected chi connectivity index (χ3v) is 5.61. The number of nitrogens with one attached hydrogen (secondary N) is 2. The minimum atomic E-state index is -0.372. The largest absolute Gasteiger partial charge is 0.497 e. The van der Waals surface area contributed by atoms with Gasteiger partial charge in [0.1, 0.15) is 23.9 Å². The van der Waals surface area contributed by atoms with Gasteiger partial charge in [-0.2, -0.15) is 5.10 Å². The van der Waals surface area contributed by atoms with Crippen molar-refractivity contribution >= 4 is 23.4 Å². The fourth-order valence-electron chi connectivity index (χ4n) is 3.68. The molecular weight excluding hydrogens is 470 g/mol. The molecule has 9 nitrogen and oxygen atoms in total. The summed E-state index contributed by atoms with van der Waals surface area (Å²) >= 11 is 0. The first-order valence-corrected chi connectivity index (χ1v) is 12.5. The molecule has 0 saturated heterocycles. The molecule has 0 fully saturated rings. The number of nitrogens with zero attached hydrogens (tertiary/aromatic N) is 3. The van der Waals surface area contributed by atoms with Crippen LogP contribution in [0.5, 0.6) is 11.5 Å². The van der Waals surface area contributed by atoms with Crippen LogP contribution in [0.4, 0.5) is 16.3 Å². The molecule has 1 aromatic heterocycles. The lowest BCUT2D eigenvalue weighted by Crippen LogP contribution is -2.41. The van der Waals surface area contributed by atoms with E-state index in [9.17, 15) is 9.59 Å². The van der Waals surface area contributed by atoms with Crippen LogP contribution in [0.2, 0.25) is 0 Å². The highest BCUT2D eigenvalue weighted by atomic mass is 16.5. The molecule has 0 bridgehead atoms. The highest BCUT2D eigenvalue weighted by Gasteiger charge is 2.23. The number of urea groups is 1. The third-order valence-electron chi connectivity index (χ3n) is 5.61. The van der Waals surface area contributed by atoms with Gasteiger partial charge < -0.3 is 25.0 Å². The SMILES string of the molecule is CCCN(CC(=O)Nc1cc(C(C)(C)C)nn1-c1ccc(OC)cc1)C(=O)Nc1ccccc1OCC. The van der Waals surface area contributed by atoms with E-state index in [2.05, 4.69) is 31.4 Å². The number of amides is 3. The van der Waals surface area contributed by atoms with E-state index in [0.29, 0.717) is 36.8 Å². The predicted molar refractivity (Wildman–Crippen MR) is 146 cm³/mol. The number of anilines is 2. The topological polar surface area (TPSA) is 97.7 Å². The summed E-state index contributed by atoms with van der Waals surface area (Å²) in [5, 5.41) is 10.6. The second kappa shape index (κ2) is 12.3. The maximum atomic E-state index is 13.1.